The minimum Gasteiger partial charge on any atom is -0.489 e. The van der Waals surface area contributed by atoms with E-state index in [2.05, 4.69) is 50.4 Å². The van der Waals surface area contributed by atoms with Crippen molar-refractivity contribution in [2.24, 2.45) is 5.73 Å². The molecule has 0 aromatic heterocycles. The van der Waals surface area contributed by atoms with Crippen molar-refractivity contribution >= 4 is 5.69 Å². The van der Waals surface area contributed by atoms with Gasteiger partial charge in [0.15, 0.2) is 0 Å². The minimum atomic E-state index is 0.186. The van der Waals surface area contributed by atoms with Crippen LogP contribution in [-0.4, -0.2) is 13.1 Å². The monoisotopic (exact) mass is 298 g/mol. The molecule has 0 saturated carbocycles. The van der Waals surface area contributed by atoms with Crippen LogP contribution in [0.4, 0.5) is 5.69 Å². The first-order valence-corrected chi connectivity index (χ1v) is 7.75. The normalized spacial score (nSPS) is 11.3. The molecule has 0 amide bonds. The van der Waals surface area contributed by atoms with Gasteiger partial charge in [-0.2, -0.15) is 0 Å². The van der Waals surface area contributed by atoms with Gasteiger partial charge >= 0.3 is 0 Å². The van der Waals surface area contributed by atoms with Gasteiger partial charge in [-0.1, -0.05) is 45.0 Å². The number of rotatable bonds is 6. The molecule has 118 valence electrons. The van der Waals surface area contributed by atoms with E-state index in [1.807, 2.05) is 24.3 Å². The van der Waals surface area contributed by atoms with Crippen molar-refractivity contribution < 1.29 is 4.74 Å². The van der Waals surface area contributed by atoms with E-state index < -0.39 is 0 Å². The van der Waals surface area contributed by atoms with Gasteiger partial charge < -0.3 is 15.8 Å². The van der Waals surface area contributed by atoms with Gasteiger partial charge in [-0.15, -0.1) is 0 Å². The van der Waals surface area contributed by atoms with E-state index >= 15 is 0 Å². The largest absolute Gasteiger partial charge is 0.489 e. The van der Waals surface area contributed by atoms with Gasteiger partial charge in [0.05, 0.1) is 0 Å². The molecule has 22 heavy (non-hydrogen) atoms. The fraction of sp³-hybridized carbons (Fsp3) is 0.368. The first-order valence-electron chi connectivity index (χ1n) is 7.75. The van der Waals surface area contributed by atoms with Gasteiger partial charge in [-0.3, -0.25) is 0 Å². The summed E-state index contributed by atoms with van der Waals surface area (Å²) >= 11 is 0. The van der Waals surface area contributed by atoms with E-state index in [4.69, 9.17) is 10.5 Å². The standard InChI is InChI=1S/C19H26N2O/c1-19(2,3)16-6-4-15(5-7-16)14-22-18-10-8-17(9-11-18)21-13-12-20/h4-11,21H,12-14,20H2,1-3H3. The number of hydrogen-bond donors (Lipinski definition) is 2. The summed E-state index contributed by atoms with van der Waals surface area (Å²) in [5.41, 5.74) is 9.24. The summed E-state index contributed by atoms with van der Waals surface area (Å²) in [6, 6.07) is 16.6. The highest BCUT2D eigenvalue weighted by Crippen LogP contribution is 2.23. The predicted octanol–water partition coefficient (Wildman–Crippen LogP) is 3.93. The van der Waals surface area contributed by atoms with Crippen molar-refractivity contribution in [2.75, 3.05) is 18.4 Å². The van der Waals surface area contributed by atoms with E-state index in [1.54, 1.807) is 0 Å². The number of hydrogen-bond acceptors (Lipinski definition) is 3. The first kappa shape index (κ1) is 16.4. The van der Waals surface area contributed by atoms with Crippen LogP contribution in [0.15, 0.2) is 48.5 Å². The van der Waals surface area contributed by atoms with E-state index in [1.165, 1.54) is 11.1 Å². The Morgan fingerprint density at radius 2 is 1.59 bits per heavy atom. The second-order valence-electron chi connectivity index (χ2n) is 6.48. The van der Waals surface area contributed by atoms with Crippen LogP contribution < -0.4 is 15.8 Å². The summed E-state index contributed by atoms with van der Waals surface area (Å²) in [6.45, 7) is 8.65. The summed E-state index contributed by atoms with van der Waals surface area (Å²) in [6.07, 6.45) is 0. The van der Waals surface area contributed by atoms with Crippen LogP contribution in [0.3, 0.4) is 0 Å². The number of anilines is 1. The predicted molar refractivity (Wildman–Crippen MR) is 93.5 cm³/mol. The van der Waals surface area contributed by atoms with Crippen LogP contribution in [0.2, 0.25) is 0 Å². The topological polar surface area (TPSA) is 47.3 Å². The zero-order chi connectivity index (χ0) is 16.0. The van der Waals surface area contributed by atoms with Crippen molar-refractivity contribution in [1.82, 2.24) is 0 Å². The third kappa shape index (κ3) is 4.78. The maximum absolute atomic E-state index is 5.82. The van der Waals surface area contributed by atoms with Gasteiger partial charge in [-0.05, 0) is 40.8 Å². The summed E-state index contributed by atoms with van der Waals surface area (Å²) in [5.74, 6) is 0.873. The molecule has 0 aliphatic carbocycles. The minimum absolute atomic E-state index is 0.186. The fourth-order valence-corrected chi connectivity index (χ4v) is 2.15. The lowest BCUT2D eigenvalue weighted by Gasteiger charge is -2.19. The summed E-state index contributed by atoms with van der Waals surface area (Å²) in [5, 5.41) is 3.24. The highest BCUT2D eigenvalue weighted by Gasteiger charge is 2.12. The van der Waals surface area contributed by atoms with E-state index in [0.717, 1.165) is 18.0 Å². The Labute approximate surface area is 133 Å². The van der Waals surface area contributed by atoms with Gasteiger partial charge in [0, 0.05) is 18.8 Å². The van der Waals surface area contributed by atoms with Crippen molar-refractivity contribution in [2.45, 2.75) is 32.8 Å². The molecule has 0 atom stereocenters. The number of nitrogens with two attached hydrogens (primary N) is 1. The molecule has 0 spiro atoms. The lowest BCUT2D eigenvalue weighted by Crippen LogP contribution is -2.12. The number of ether oxygens (including phenoxy) is 1. The summed E-state index contributed by atoms with van der Waals surface area (Å²) in [7, 11) is 0. The lowest BCUT2D eigenvalue weighted by atomic mass is 9.87. The van der Waals surface area contributed by atoms with Crippen LogP contribution in [0.5, 0.6) is 5.75 Å². The van der Waals surface area contributed by atoms with Gasteiger partial charge in [0.1, 0.15) is 12.4 Å². The van der Waals surface area contributed by atoms with E-state index in [0.29, 0.717) is 13.2 Å². The number of benzene rings is 2. The Balaban J connectivity index is 1.90. The molecule has 0 unspecified atom stereocenters. The van der Waals surface area contributed by atoms with Crippen LogP contribution in [0, 0.1) is 0 Å². The Bertz CT molecular complexity index is 568. The molecule has 2 rings (SSSR count). The lowest BCUT2D eigenvalue weighted by molar-refractivity contribution is 0.306. The highest BCUT2D eigenvalue weighted by atomic mass is 16.5. The Morgan fingerprint density at radius 1 is 0.955 bits per heavy atom. The second-order valence-corrected chi connectivity index (χ2v) is 6.48. The van der Waals surface area contributed by atoms with Crippen LogP contribution in [0.1, 0.15) is 31.9 Å². The Hall–Kier alpha value is -2.00. The summed E-state index contributed by atoms with van der Waals surface area (Å²) in [4.78, 5) is 0. The fourth-order valence-electron chi connectivity index (χ4n) is 2.15. The molecule has 2 aromatic rings. The van der Waals surface area contributed by atoms with Gasteiger partial charge in [0.2, 0.25) is 0 Å². The Kier molecular flexibility index (Phi) is 5.45. The van der Waals surface area contributed by atoms with Gasteiger partial charge in [0.25, 0.3) is 0 Å². The van der Waals surface area contributed by atoms with Crippen molar-refractivity contribution in [3.8, 4) is 5.75 Å². The van der Waals surface area contributed by atoms with E-state index in [-0.39, 0.29) is 5.41 Å². The maximum atomic E-state index is 5.82. The molecule has 0 bridgehead atoms. The van der Waals surface area contributed by atoms with Crippen LogP contribution in [0.25, 0.3) is 0 Å². The third-order valence-corrected chi connectivity index (χ3v) is 3.55. The zero-order valence-corrected chi connectivity index (χ0v) is 13.7. The number of nitrogens with one attached hydrogen (secondary N) is 1. The molecule has 0 aliphatic heterocycles. The molecule has 0 radical (unpaired) electrons. The average molecular weight is 298 g/mol. The SMILES string of the molecule is CC(C)(C)c1ccc(COc2ccc(NCCN)cc2)cc1. The third-order valence-electron chi connectivity index (χ3n) is 3.55. The maximum Gasteiger partial charge on any atom is 0.119 e. The molecule has 0 aliphatic rings. The molecule has 3 heteroatoms. The van der Waals surface area contributed by atoms with Crippen LogP contribution >= 0.6 is 0 Å². The van der Waals surface area contributed by atoms with Gasteiger partial charge in [-0.25, -0.2) is 0 Å². The van der Waals surface area contributed by atoms with Crippen molar-refractivity contribution in [3.63, 3.8) is 0 Å². The average Bonchev–Trinajstić information content (AvgIpc) is 2.51. The van der Waals surface area contributed by atoms with Crippen molar-refractivity contribution in [1.29, 1.82) is 0 Å². The van der Waals surface area contributed by atoms with Crippen LogP contribution in [-0.2, 0) is 12.0 Å². The first-order chi connectivity index (χ1) is 10.5. The molecule has 0 heterocycles. The molecular weight excluding hydrogens is 272 g/mol. The molecule has 3 N–H and O–H groups in total. The Morgan fingerprint density at radius 3 is 2.14 bits per heavy atom. The second kappa shape index (κ2) is 7.32. The molecular formula is C19H26N2O. The zero-order valence-electron chi connectivity index (χ0n) is 13.7. The smallest absolute Gasteiger partial charge is 0.119 e. The molecule has 3 nitrogen and oxygen atoms in total. The van der Waals surface area contributed by atoms with E-state index in [9.17, 15) is 0 Å². The molecule has 0 saturated heterocycles. The molecule has 0 fully saturated rings. The van der Waals surface area contributed by atoms with Crippen molar-refractivity contribution in [3.05, 3.63) is 59.7 Å². The quantitative estimate of drug-likeness (QED) is 0.849. The molecule has 2 aromatic carbocycles. The summed E-state index contributed by atoms with van der Waals surface area (Å²) < 4.78 is 5.82. The highest BCUT2D eigenvalue weighted by molar-refractivity contribution is 5.46.